The number of carbonyl (C=O) groups is 1. The lowest BCUT2D eigenvalue weighted by atomic mass is 10.2. The Labute approximate surface area is 177 Å². The summed E-state index contributed by atoms with van der Waals surface area (Å²) in [5, 5.41) is 13.4. The number of hydrogen-bond acceptors (Lipinski definition) is 4. The van der Waals surface area contributed by atoms with Crippen molar-refractivity contribution >= 4 is 41.5 Å². The molecule has 0 saturated carbocycles. The molecule has 27 heavy (non-hydrogen) atoms. The van der Waals surface area contributed by atoms with Gasteiger partial charge in [0.1, 0.15) is 12.2 Å². The molecular weight excluding hydrogens is 457 g/mol. The van der Waals surface area contributed by atoms with Gasteiger partial charge in [-0.1, -0.05) is 19.1 Å². The number of guanidine groups is 1. The van der Waals surface area contributed by atoms with Crippen molar-refractivity contribution in [2.75, 3.05) is 11.9 Å². The van der Waals surface area contributed by atoms with Crippen LogP contribution in [0.4, 0.5) is 5.69 Å². The van der Waals surface area contributed by atoms with Crippen LogP contribution in [-0.2, 0) is 24.9 Å². The monoisotopic (exact) mass is 485 g/mol. The highest BCUT2D eigenvalue weighted by Crippen LogP contribution is 2.11. The van der Waals surface area contributed by atoms with Gasteiger partial charge < -0.3 is 16.0 Å². The molecule has 0 bridgehead atoms. The Balaban J connectivity index is 0.00000364. The van der Waals surface area contributed by atoms with E-state index in [0.717, 1.165) is 36.0 Å². The Hall–Kier alpha value is -2.17. The first-order chi connectivity index (χ1) is 12.6. The molecule has 148 valence electrons. The number of amides is 1. The van der Waals surface area contributed by atoms with Gasteiger partial charge in [0.05, 0.1) is 13.1 Å². The third kappa shape index (κ3) is 7.94. The molecule has 0 spiro atoms. The summed E-state index contributed by atoms with van der Waals surface area (Å²) in [6.07, 6.45) is 2.91. The van der Waals surface area contributed by atoms with Crippen LogP contribution in [0.1, 0.15) is 38.1 Å². The number of halogens is 1. The van der Waals surface area contributed by atoms with Gasteiger partial charge in [0.25, 0.3) is 0 Å². The predicted octanol–water partition coefficient (Wildman–Crippen LogP) is 2.43. The van der Waals surface area contributed by atoms with Gasteiger partial charge in [0.2, 0.25) is 5.91 Å². The number of aliphatic imine (C=N–C) groups is 1. The molecule has 1 aromatic heterocycles. The second kappa shape index (κ2) is 12.3. The van der Waals surface area contributed by atoms with E-state index in [0.29, 0.717) is 19.5 Å². The summed E-state index contributed by atoms with van der Waals surface area (Å²) in [5.74, 6) is 1.60. The summed E-state index contributed by atoms with van der Waals surface area (Å²) < 4.78 is 1.72. The predicted molar refractivity (Wildman–Crippen MR) is 118 cm³/mol. The molecule has 0 saturated heterocycles. The van der Waals surface area contributed by atoms with E-state index in [9.17, 15) is 4.79 Å². The first kappa shape index (κ1) is 22.9. The zero-order valence-corrected chi connectivity index (χ0v) is 18.4. The first-order valence-corrected chi connectivity index (χ1v) is 8.86. The van der Waals surface area contributed by atoms with Gasteiger partial charge in [-0.25, -0.2) is 9.98 Å². The van der Waals surface area contributed by atoms with E-state index in [-0.39, 0.29) is 29.9 Å². The van der Waals surface area contributed by atoms with E-state index in [4.69, 9.17) is 0 Å². The van der Waals surface area contributed by atoms with E-state index in [1.807, 2.05) is 45.2 Å². The Morgan fingerprint density at radius 1 is 1.19 bits per heavy atom. The van der Waals surface area contributed by atoms with E-state index in [1.54, 1.807) is 4.68 Å². The van der Waals surface area contributed by atoms with Crippen LogP contribution < -0.4 is 16.0 Å². The number of benzene rings is 1. The second-order valence-corrected chi connectivity index (χ2v) is 5.84. The minimum atomic E-state index is 0. The number of nitrogens with one attached hydrogen (secondary N) is 3. The van der Waals surface area contributed by atoms with Crippen LogP contribution in [-0.4, -0.2) is 33.2 Å². The van der Waals surface area contributed by atoms with Crippen LogP contribution in [0.2, 0.25) is 0 Å². The molecule has 9 heteroatoms. The number of aryl methyl sites for hydroxylation is 1. The van der Waals surface area contributed by atoms with Gasteiger partial charge in [-0.3, -0.25) is 9.48 Å². The fraction of sp³-hybridized carbons (Fsp3) is 0.444. The molecular formula is C18H28IN7O. The standard InChI is InChI=1S/C18H27N7O.HI/c1-4-6-17(26)24-15-9-7-14(8-10-15)11-20-18(19-5-2)21-12-16-22-13-23-25(16)3;/h7-10,13H,4-6,11-12H2,1-3H3,(H,24,26)(H2,19,20,21);1H. The lowest BCUT2D eigenvalue weighted by Crippen LogP contribution is -2.37. The number of carbonyl (C=O) groups excluding carboxylic acids is 1. The molecule has 0 aliphatic heterocycles. The van der Waals surface area contributed by atoms with Crippen molar-refractivity contribution in [2.45, 2.75) is 39.8 Å². The lowest BCUT2D eigenvalue weighted by Gasteiger charge is -2.11. The van der Waals surface area contributed by atoms with Crippen molar-refractivity contribution in [1.29, 1.82) is 0 Å². The summed E-state index contributed by atoms with van der Waals surface area (Å²) in [7, 11) is 1.86. The number of nitrogens with zero attached hydrogens (tertiary/aromatic N) is 4. The largest absolute Gasteiger partial charge is 0.357 e. The second-order valence-electron chi connectivity index (χ2n) is 5.84. The van der Waals surface area contributed by atoms with E-state index in [2.05, 4.69) is 31.0 Å². The molecule has 8 nitrogen and oxygen atoms in total. The molecule has 0 radical (unpaired) electrons. The molecule has 2 aromatic rings. The maximum Gasteiger partial charge on any atom is 0.224 e. The van der Waals surface area contributed by atoms with Crippen molar-refractivity contribution in [1.82, 2.24) is 25.4 Å². The summed E-state index contributed by atoms with van der Waals surface area (Å²) in [5.41, 5.74) is 1.87. The third-order valence-corrected chi connectivity index (χ3v) is 3.70. The van der Waals surface area contributed by atoms with Crippen LogP contribution in [0, 0.1) is 0 Å². The number of aromatic nitrogens is 3. The molecule has 1 heterocycles. The van der Waals surface area contributed by atoms with Gasteiger partial charge in [-0.15, -0.1) is 24.0 Å². The summed E-state index contributed by atoms with van der Waals surface area (Å²) >= 11 is 0. The molecule has 1 aromatic carbocycles. The fourth-order valence-corrected chi connectivity index (χ4v) is 2.30. The highest BCUT2D eigenvalue weighted by Gasteiger charge is 2.03. The van der Waals surface area contributed by atoms with Crippen LogP contribution in [0.5, 0.6) is 0 Å². The average molecular weight is 485 g/mol. The van der Waals surface area contributed by atoms with E-state index >= 15 is 0 Å². The third-order valence-electron chi connectivity index (χ3n) is 3.70. The van der Waals surface area contributed by atoms with Gasteiger partial charge in [0, 0.05) is 25.7 Å². The smallest absolute Gasteiger partial charge is 0.224 e. The molecule has 3 N–H and O–H groups in total. The van der Waals surface area contributed by atoms with Crippen molar-refractivity contribution in [3.8, 4) is 0 Å². The maximum absolute atomic E-state index is 11.6. The van der Waals surface area contributed by atoms with E-state index < -0.39 is 0 Å². The van der Waals surface area contributed by atoms with Gasteiger partial charge in [-0.05, 0) is 31.0 Å². The summed E-state index contributed by atoms with van der Waals surface area (Å²) in [6.45, 7) is 5.86. The number of hydrogen-bond donors (Lipinski definition) is 3. The van der Waals surface area contributed by atoms with Crippen molar-refractivity contribution < 1.29 is 4.79 Å². The highest BCUT2D eigenvalue weighted by atomic mass is 127. The quantitative estimate of drug-likeness (QED) is 0.303. The van der Waals surface area contributed by atoms with Crippen LogP contribution in [0.25, 0.3) is 0 Å². The summed E-state index contributed by atoms with van der Waals surface area (Å²) in [6, 6.07) is 7.74. The van der Waals surface area contributed by atoms with Crippen molar-refractivity contribution in [3.63, 3.8) is 0 Å². The number of anilines is 1. The van der Waals surface area contributed by atoms with E-state index in [1.165, 1.54) is 6.33 Å². The van der Waals surface area contributed by atoms with Crippen LogP contribution >= 0.6 is 24.0 Å². The number of rotatable bonds is 8. The molecule has 0 unspecified atom stereocenters. The van der Waals surface area contributed by atoms with Gasteiger partial charge >= 0.3 is 0 Å². The normalized spacial score (nSPS) is 10.9. The Morgan fingerprint density at radius 3 is 2.52 bits per heavy atom. The topological polar surface area (TPSA) is 96.2 Å². The van der Waals surface area contributed by atoms with Crippen molar-refractivity contribution in [3.05, 3.63) is 42.0 Å². The maximum atomic E-state index is 11.6. The molecule has 0 aliphatic rings. The molecule has 1 amide bonds. The molecule has 2 rings (SSSR count). The zero-order valence-electron chi connectivity index (χ0n) is 16.0. The fourth-order valence-electron chi connectivity index (χ4n) is 2.30. The molecule has 0 fully saturated rings. The Morgan fingerprint density at radius 2 is 1.93 bits per heavy atom. The Bertz CT molecular complexity index is 728. The van der Waals surface area contributed by atoms with Gasteiger partial charge in [-0.2, -0.15) is 5.10 Å². The van der Waals surface area contributed by atoms with Gasteiger partial charge in [0.15, 0.2) is 5.96 Å². The SMILES string of the molecule is CCCC(=O)Nc1ccc(CN=C(NCC)NCc2ncnn2C)cc1.I. The van der Waals surface area contributed by atoms with Crippen LogP contribution in [0.15, 0.2) is 35.6 Å². The summed E-state index contributed by atoms with van der Waals surface area (Å²) in [4.78, 5) is 20.4. The van der Waals surface area contributed by atoms with Crippen molar-refractivity contribution in [2.24, 2.45) is 12.0 Å². The zero-order chi connectivity index (χ0) is 18.8. The minimum Gasteiger partial charge on any atom is -0.357 e. The molecule has 0 aliphatic carbocycles. The highest BCUT2D eigenvalue weighted by molar-refractivity contribution is 14.0. The Kier molecular flexibility index (Phi) is 10.4. The minimum absolute atomic E-state index is 0. The average Bonchev–Trinajstić information content (AvgIpc) is 3.04. The molecule has 0 atom stereocenters. The van der Waals surface area contributed by atoms with Crippen LogP contribution in [0.3, 0.4) is 0 Å². The lowest BCUT2D eigenvalue weighted by molar-refractivity contribution is -0.116. The first-order valence-electron chi connectivity index (χ1n) is 8.86.